The quantitative estimate of drug-likeness (QED) is 0.637. The molecule has 0 saturated heterocycles. The number of anilines is 1. The molecule has 2 aromatic rings. The summed E-state index contributed by atoms with van der Waals surface area (Å²) in [6, 6.07) is 10.8. The Bertz CT molecular complexity index is 830. The molecule has 2 rings (SSSR count). The van der Waals surface area contributed by atoms with E-state index in [1.165, 1.54) is 55.6 Å². The van der Waals surface area contributed by atoms with Crippen molar-refractivity contribution in [2.24, 2.45) is 0 Å². The molecule has 0 fully saturated rings. The summed E-state index contributed by atoms with van der Waals surface area (Å²) in [4.78, 5) is 22.1. The van der Waals surface area contributed by atoms with Gasteiger partial charge >= 0.3 is 0 Å². The number of hydrogen-bond donors (Lipinski definition) is 2. The second-order valence-corrected chi connectivity index (χ2v) is 6.38. The van der Waals surface area contributed by atoms with Crippen LogP contribution in [0.2, 0.25) is 0 Å². The van der Waals surface area contributed by atoms with Crippen LogP contribution in [0.15, 0.2) is 53.4 Å². The van der Waals surface area contributed by atoms with Crippen molar-refractivity contribution in [3.05, 3.63) is 64.2 Å². The Morgan fingerprint density at radius 3 is 2.09 bits per heavy atom. The van der Waals surface area contributed by atoms with Crippen LogP contribution in [0.25, 0.3) is 0 Å². The van der Waals surface area contributed by atoms with Gasteiger partial charge in [0, 0.05) is 23.4 Å². The molecule has 2 N–H and O–H groups in total. The van der Waals surface area contributed by atoms with Gasteiger partial charge in [-0.1, -0.05) is 0 Å². The second kappa shape index (κ2) is 6.55. The van der Waals surface area contributed by atoms with E-state index in [4.69, 9.17) is 0 Å². The van der Waals surface area contributed by atoms with E-state index in [0.717, 1.165) is 0 Å². The third-order valence-electron chi connectivity index (χ3n) is 3.03. The zero-order chi connectivity index (χ0) is 17.0. The fraction of sp³-hybridized carbons (Fsp3) is 0.0714. The van der Waals surface area contributed by atoms with Gasteiger partial charge in [0.25, 0.3) is 11.6 Å². The van der Waals surface area contributed by atoms with Gasteiger partial charge in [0.1, 0.15) is 0 Å². The van der Waals surface area contributed by atoms with Crippen molar-refractivity contribution in [3.63, 3.8) is 0 Å². The monoisotopic (exact) mass is 335 g/mol. The molecule has 0 saturated carbocycles. The molecule has 0 bridgehead atoms. The molecule has 0 heterocycles. The average molecular weight is 335 g/mol. The van der Waals surface area contributed by atoms with Gasteiger partial charge in [0.15, 0.2) is 0 Å². The molecule has 0 unspecified atom stereocenters. The topological polar surface area (TPSA) is 118 Å². The number of rotatable bonds is 5. The Morgan fingerprint density at radius 1 is 1.04 bits per heavy atom. The minimum atomic E-state index is -3.54. The van der Waals surface area contributed by atoms with Crippen molar-refractivity contribution in [2.75, 3.05) is 12.4 Å². The van der Waals surface area contributed by atoms with Crippen molar-refractivity contribution >= 4 is 27.3 Å². The Morgan fingerprint density at radius 2 is 1.61 bits per heavy atom. The first-order chi connectivity index (χ1) is 10.8. The number of benzene rings is 2. The number of carbonyl (C=O) groups is 1. The molecule has 0 atom stereocenters. The molecular formula is C14H13N3O5S. The van der Waals surface area contributed by atoms with Crippen LogP contribution >= 0.6 is 0 Å². The van der Waals surface area contributed by atoms with E-state index in [0.29, 0.717) is 5.69 Å². The lowest BCUT2D eigenvalue weighted by Crippen LogP contribution is -2.18. The zero-order valence-electron chi connectivity index (χ0n) is 12.0. The van der Waals surface area contributed by atoms with Gasteiger partial charge in [-0.15, -0.1) is 0 Å². The van der Waals surface area contributed by atoms with Gasteiger partial charge in [-0.2, -0.15) is 0 Å². The van der Waals surface area contributed by atoms with E-state index in [2.05, 4.69) is 10.0 Å². The number of amides is 1. The third-order valence-corrected chi connectivity index (χ3v) is 4.46. The van der Waals surface area contributed by atoms with Crippen LogP contribution in [0.5, 0.6) is 0 Å². The molecular weight excluding hydrogens is 322 g/mol. The number of nitrogens with one attached hydrogen (secondary N) is 2. The molecule has 2 aromatic carbocycles. The van der Waals surface area contributed by atoms with E-state index < -0.39 is 20.9 Å². The van der Waals surface area contributed by atoms with Crippen LogP contribution in [0.4, 0.5) is 11.4 Å². The van der Waals surface area contributed by atoms with Crippen LogP contribution in [0.3, 0.4) is 0 Å². The molecule has 0 aromatic heterocycles. The summed E-state index contributed by atoms with van der Waals surface area (Å²) in [5.74, 6) is -0.455. The van der Waals surface area contributed by atoms with Crippen LogP contribution in [-0.4, -0.2) is 26.3 Å². The molecule has 0 aliphatic heterocycles. The van der Waals surface area contributed by atoms with E-state index in [1.807, 2.05) is 0 Å². The Kier molecular flexibility index (Phi) is 4.72. The highest BCUT2D eigenvalue weighted by Gasteiger charge is 2.12. The lowest BCUT2D eigenvalue weighted by atomic mass is 10.2. The standard InChI is InChI=1S/C14H13N3O5S/c1-15-23(21,22)13-8-4-11(5-9-13)16-14(18)10-2-6-12(7-3-10)17(19)20/h2-9,15H,1H3,(H,16,18). The van der Waals surface area contributed by atoms with Crippen molar-refractivity contribution in [1.82, 2.24) is 4.72 Å². The molecule has 0 radical (unpaired) electrons. The summed E-state index contributed by atoms with van der Waals surface area (Å²) < 4.78 is 25.4. The first-order valence-corrected chi connectivity index (χ1v) is 7.91. The van der Waals surface area contributed by atoms with Crippen molar-refractivity contribution in [1.29, 1.82) is 0 Å². The average Bonchev–Trinajstić information content (AvgIpc) is 2.55. The molecule has 0 aliphatic carbocycles. The van der Waals surface area contributed by atoms with Gasteiger partial charge in [-0.25, -0.2) is 13.1 Å². The van der Waals surface area contributed by atoms with Crippen LogP contribution in [-0.2, 0) is 10.0 Å². The predicted molar refractivity (Wildman–Crippen MR) is 83.7 cm³/mol. The number of sulfonamides is 1. The van der Waals surface area contributed by atoms with Crippen molar-refractivity contribution in [2.45, 2.75) is 4.90 Å². The summed E-state index contributed by atoms with van der Waals surface area (Å²) >= 11 is 0. The van der Waals surface area contributed by atoms with Gasteiger partial charge < -0.3 is 5.32 Å². The molecule has 0 spiro atoms. The summed E-state index contributed by atoms with van der Waals surface area (Å²) in [5.41, 5.74) is 0.550. The Balaban J connectivity index is 2.12. The molecule has 23 heavy (non-hydrogen) atoms. The van der Waals surface area contributed by atoms with E-state index >= 15 is 0 Å². The minimum absolute atomic E-state index is 0.0772. The molecule has 0 aliphatic rings. The van der Waals surface area contributed by atoms with E-state index in [9.17, 15) is 23.3 Å². The minimum Gasteiger partial charge on any atom is -0.322 e. The number of nitro benzene ring substituents is 1. The van der Waals surface area contributed by atoms with E-state index in [1.54, 1.807) is 0 Å². The first-order valence-electron chi connectivity index (χ1n) is 6.43. The largest absolute Gasteiger partial charge is 0.322 e. The molecule has 1 amide bonds. The SMILES string of the molecule is CNS(=O)(=O)c1ccc(NC(=O)c2ccc([N+](=O)[O-])cc2)cc1. The lowest BCUT2D eigenvalue weighted by Gasteiger charge is -2.07. The van der Waals surface area contributed by atoms with Crippen molar-refractivity contribution in [3.8, 4) is 0 Å². The highest BCUT2D eigenvalue weighted by atomic mass is 32.2. The van der Waals surface area contributed by atoms with Crippen molar-refractivity contribution < 1.29 is 18.1 Å². The fourth-order valence-electron chi connectivity index (χ4n) is 1.77. The van der Waals surface area contributed by atoms with Crippen LogP contribution < -0.4 is 10.0 Å². The highest BCUT2D eigenvalue weighted by molar-refractivity contribution is 7.89. The highest BCUT2D eigenvalue weighted by Crippen LogP contribution is 2.16. The van der Waals surface area contributed by atoms with Crippen LogP contribution in [0.1, 0.15) is 10.4 Å². The van der Waals surface area contributed by atoms with E-state index in [-0.39, 0.29) is 16.1 Å². The number of nitrogens with zero attached hydrogens (tertiary/aromatic N) is 1. The number of nitro groups is 1. The molecule has 120 valence electrons. The van der Waals surface area contributed by atoms with Crippen LogP contribution in [0, 0.1) is 10.1 Å². The van der Waals surface area contributed by atoms with Gasteiger partial charge in [-0.05, 0) is 43.4 Å². The molecule has 9 heteroatoms. The Labute approximate surface area is 132 Å². The summed E-state index contributed by atoms with van der Waals surface area (Å²) in [6.07, 6.45) is 0. The Hall–Kier alpha value is -2.78. The third kappa shape index (κ3) is 3.90. The maximum absolute atomic E-state index is 12.0. The van der Waals surface area contributed by atoms with Gasteiger partial charge in [0.2, 0.25) is 10.0 Å². The number of carbonyl (C=O) groups excluding carboxylic acids is 1. The lowest BCUT2D eigenvalue weighted by molar-refractivity contribution is -0.384. The molecule has 8 nitrogen and oxygen atoms in total. The fourth-order valence-corrected chi connectivity index (χ4v) is 2.50. The van der Waals surface area contributed by atoms with Gasteiger partial charge in [0.05, 0.1) is 9.82 Å². The van der Waals surface area contributed by atoms with Gasteiger partial charge in [-0.3, -0.25) is 14.9 Å². The zero-order valence-corrected chi connectivity index (χ0v) is 12.8. The summed E-state index contributed by atoms with van der Waals surface area (Å²) in [6.45, 7) is 0. The normalized spacial score (nSPS) is 11.0. The second-order valence-electron chi connectivity index (χ2n) is 4.49. The smallest absolute Gasteiger partial charge is 0.269 e. The number of non-ortho nitro benzene ring substituents is 1. The summed E-state index contributed by atoms with van der Waals surface area (Å²) in [7, 11) is -2.23. The maximum atomic E-state index is 12.0. The summed E-state index contributed by atoms with van der Waals surface area (Å²) in [5, 5.41) is 13.1. The first kappa shape index (κ1) is 16.6. The maximum Gasteiger partial charge on any atom is 0.269 e. The number of hydrogen-bond acceptors (Lipinski definition) is 5. The predicted octanol–water partition coefficient (Wildman–Crippen LogP) is 1.76.